The van der Waals surface area contributed by atoms with E-state index in [4.69, 9.17) is 4.74 Å². The molecule has 5 nitrogen and oxygen atoms in total. The molecule has 0 aromatic heterocycles. The highest BCUT2D eigenvalue weighted by molar-refractivity contribution is 5.72. The zero-order valence-electron chi connectivity index (χ0n) is 11.8. The first-order valence-corrected chi connectivity index (χ1v) is 5.96. The number of ether oxygens (including phenoxy) is 2. The second kappa shape index (κ2) is 7.74. The molecule has 0 aromatic rings. The van der Waals surface area contributed by atoms with Crippen LogP contribution in [0.3, 0.4) is 0 Å². The molecular weight excluding hydrogens is 234 g/mol. The average Bonchev–Trinajstić information content (AvgIpc) is 2.22. The molecule has 0 radical (unpaired) electrons. The van der Waals surface area contributed by atoms with Gasteiger partial charge in [0.25, 0.3) is 0 Å². The summed E-state index contributed by atoms with van der Waals surface area (Å²) in [6.45, 7) is 7.23. The summed E-state index contributed by atoms with van der Waals surface area (Å²) in [5.41, 5.74) is -0.555. The Morgan fingerprint density at radius 1 is 1.33 bits per heavy atom. The van der Waals surface area contributed by atoms with Crippen molar-refractivity contribution in [3.8, 4) is 0 Å². The zero-order valence-corrected chi connectivity index (χ0v) is 11.8. The minimum atomic E-state index is -0.555. The average molecular weight is 257 g/mol. The fourth-order valence-corrected chi connectivity index (χ4v) is 1.25. The molecule has 0 fully saturated rings. The van der Waals surface area contributed by atoms with Crippen molar-refractivity contribution in [2.45, 2.75) is 52.2 Å². The molecule has 0 bridgehead atoms. The predicted molar refractivity (Wildman–Crippen MR) is 69.2 cm³/mol. The van der Waals surface area contributed by atoms with Gasteiger partial charge in [-0.15, -0.1) is 0 Å². The van der Waals surface area contributed by atoms with Crippen LogP contribution in [-0.2, 0) is 14.3 Å². The highest BCUT2D eigenvalue weighted by Gasteiger charge is 2.20. The lowest BCUT2D eigenvalue weighted by atomic mass is 10.1. The maximum Gasteiger partial charge on any atom is 0.407 e. The van der Waals surface area contributed by atoms with Crippen molar-refractivity contribution in [3.05, 3.63) is 12.2 Å². The van der Waals surface area contributed by atoms with Crippen molar-refractivity contribution in [2.75, 3.05) is 7.11 Å². The van der Waals surface area contributed by atoms with Crippen LogP contribution in [-0.4, -0.2) is 30.8 Å². The smallest absolute Gasteiger partial charge is 0.407 e. The molecule has 0 rings (SSSR count). The van der Waals surface area contributed by atoms with Crippen LogP contribution in [0.15, 0.2) is 12.2 Å². The summed E-state index contributed by atoms with van der Waals surface area (Å²) in [6, 6.07) is -0.316. The molecule has 0 aliphatic heterocycles. The lowest BCUT2D eigenvalue weighted by Crippen LogP contribution is -2.40. The Morgan fingerprint density at radius 2 is 1.94 bits per heavy atom. The van der Waals surface area contributed by atoms with E-state index in [2.05, 4.69) is 10.1 Å². The highest BCUT2D eigenvalue weighted by Crippen LogP contribution is 2.08. The van der Waals surface area contributed by atoms with E-state index in [9.17, 15) is 9.59 Å². The number of hydrogen-bond acceptors (Lipinski definition) is 4. The first-order valence-electron chi connectivity index (χ1n) is 5.96. The Labute approximate surface area is 109 Å². The van der Waals surface area contributed by atoms with E-state index >= 15 is 0 Å². The number of methoxy groups -OCH3 is 1. The molecule has 18 heavy (non-hydrogen) atoms. The van der Waals surface area contributed by atoms with Gasteiger partial charge in [-0.3, -0.25) is 4.79 Å². The van der Waals surface area contributed by atoms with Gasteiger partial charge >= 0.3 is 12.1 Å². The molecule has 0 saturated carbocycles. The Balaban J connectivity index is 4.39. The Hall–Kier alpha value is -1.52. The fraction of sp³-hybridized carbons (Fsp3) is 0.692. The number of carbonyl (C=O) groups excluding carboxylic acids is 2. The molecule has 1 atom stereocenters. The van der Waals surface area contributed by atoms with Gasteiger partial charge in [0.1, 0.15) is 5.60 Å². The van der Waals surface area contributed by atoms with Gasteiger partial charge in [-0.05, 0) is 34.1 Å². The van der Waals surface area contributed by atoms with Crippen molar-refractivity contribution in [1.82, 2.24) is 5.32 Å². The van der Waals surface area contributed by atoms with Crippen LogP contribution in [0.2, 0.25) is 0 Å². The summed E-state index contributed by atoms with van der Waals surface area (Å²) in [7, 11) is 1.32. The van der Waals surface area contributed by atoms with E-state index in [-0.39, 0.29) is 18.4 Å². The van der Waals surface area contributed by atoms with Crippen LogP contribution in [0.4, 0.5) is 4.79 Å². The van der Waals surface area contributed by atoms with E-state index in [1.165, 1.54) is 7.11 Å². The van der Waals surface area contributed by atoms with E-state index in [0.29, 0.717) is 6.42 Å². The molecule has 104 valence electrons. The lowest BCUT2D eigenvalue weighted by molar-refractivity contribution is -0.141. The summed E-state index contributed by atoms with van der Waals surface area (Å²) in [5, 5.41) is 2.66. The van der Waals surface area contributed by atoms with Gasteiger partial charge < -0.3 is 14.8 Å². The van der Waals surface area contributed by atoms with Crippen molar-refractivity contribution >= 4 is 12.1 Å². The Bertz CT molecular complexity index is 305. The van der Waals surface area contributed by atoms with Gasteiger partial charge in [0, 0.05) is 6.04 Å². The largest absolute Gasteiger partial charge is 0.469 e. The fourth-order valence-electron chi connectivity index (χ4n) is 1.25. The molecule has 1 amide bonds. The van der Waals surface area contributed by atoms with Crippen LogP contribution in [0.25, 0.3) is 0 Å². The molecule has 0 spiro atoms. The zero-order chi connectivity index (χ0) is 14.2. The van der Waals surface area contributed by atoms with E-state index in [1.54, 1.807) is 20.8 Å². The van der Waals surface area contributed by atoms with E-state index in [1.807, 2.05) is 19.1 Å². The van der Waals surface area contributed by atoms with Gasteiger partial charge in [0.15, 0.2) is 0 Å². The summed E-state index contributed by atoms with van der Waals surface area (Å²) in [6.07, 6.45) is 3.90. The maximum absolute atomic E-state index is 11.6. The van der Waals surface area contributed by atoms with Crippen molar-refractivity contribution in [1.29, 1.82) is 0 Å². The molecular formula is C13H23NO4. The molecule has 0 heterocycles. The van der Waals surface area contributed by atoms with Gasteiger partial charge in [0.2, 0.25) is 0 Å². The minimum absolute atomic E-state index is 0.125. The van der Waals surface area contributed by atoms with Crippen LogP contribution in [0.5, 0.6) is 0 Å². The Kier molecular flexibility index (Phi) is 7.08. The molecule has 0 aliphatic carbocycles. The van der Waals surface area contributed by atoms with Crippen LogP contribution >= 0.6 is 0 Å². The second-order valence-corrected chi connectivity index (χ2v) is 4.93. The number of nitrogens with one attached hydrogen (secondary N) is 1. The third-order valence-corrected chi connectivity index (χ3v) is 2.02. The van der Waals surface area contributed by atoms with Gasteiger partial charge in [-0.1, -0.05) is 12.2 Å². The van der Waals surface area contributed by atoms with Gasteiger partial charge in [-0.25, -0.2) is 4.79 Å². The summed E-state index contributed by atoms with van der Waals surface area (Å²) >= 11 is 0. The van der Waals surface area contributed by atoms with Crippen LogP contribution in [0.1, 0.15) is 40.5 Å². The number of esters is 1. The number of alkyl carbamates (subject to hydrolysis) is 1. The molecule has 0 unspecified atom stereocenters. The number of allylic oxidation sites excluding steroid dienone is 1. The predicted octanol–water partition coefficient (Wildman–Crippen LogP) is 2.41. The SMILES string of the molecule is C/C=C/C[C@H](CC(=O)OC)NC(=O)OC(C)(C)C. The minimum Gasteiger partial charge on any atom is -0.469 e. The third-order valence-electron chi connectivity index (χ3n) is 2.02. The molecule has 1 N–H and O–H groups in total. The quantitative estimate of drug-likeness (QED) is 0.606. The standard InChI is InChI=1S/C13H23NO4/c1-6-7-8-10(9-11(15)17-5)14-12(16)18-13(2,3)4/h6-7,10H,8-9H2,1-5H3,(H,14,16)/b7-6+/t10-/m1/s1. The van der Waals surface area contributed by atoms with Crippen LogP contribution in [0, 0.1) is 0 Å². The number of hydrogen-bond donors (Lipinski definition) is 1. The summed E-state index contributed by atoms with van der Waals surface area (Å²) in [5.74, 6) is -0.361. The number of rotatable bonds is 5. The lowest BCUT2D eigenvalue weighted by Gasteiger charge is -2.22. The normalized spacial score (nSPS) is 13.2. The summed E-state index contributed by atoms with van der Waals surface area (Å²) in [4.78, 5) is 22.8. The Morgan fingerprint density at radius 3 is 2.39 bits per heavy atom. The van der Waals surface area contributed by atoms with Crippen molar-refractivity contribution < 1.29 is 19.1 Å². The molecule has 5 heteroatoms. The summed E-state index contributed by atoms with van der Waals surface area (Å²) < 4.78 is 9.73. The highest BCUT2D eigenvalue weighted by atomic mass is 16.6. The van der Waals surface area contributed by atoms with Crippen molar-refractivity contribution in [3.63, 3.8) is 0 Å². The van der Waals surface area contributed by atoms with E-state index in [0.717, 1.165) is 0 Å². The monoisotopic (exact) mass is 257 g/mol. The third kappa shape index (κ3) is 8.61. The first kappa shape index (κ1) is 16.5. The first-order chi connectivity index (χ1) is 8.28. The number of carbonyl (C=O) groups is 2. The second-order valence-electron chi connectivity index (χ2n) is 4.93. The van der Waals surface area contributed by atoms with Gasteiger partial charge in [0.05, 0.1) is 13.5 Å². The molecule has 0 aromatic carbocycles. The molecule has 0 aliphatic rings. The molecule has 0 saturated heterocycles. The maximum atomic E-state index is 11.6. The van der Waals surface area contributed by atoms with Gasteiger partial charge in [-0.2, -0.15) is 0 Å². The topological polar surface area (TPSA) is 64.6 Å². The van der Waals surface area contributed by atoms with Crippen molar-refractivity contribution in [2.24, 2.45) is 0 Å². The number of amides is 1. The van der Waals surface area contributed by atoms with E-state index < -0.39 is 11.7 Å². The van der Waals surface area contributed by atoms with Crippen LogP contribution < -0.4 is 5.32 Å².